The first-order chi connectivity index (χ1) is 9.47. The molecular weight excluding hydrogens is 258 g/mol. The molecule has 0 spiro atoms. The minimum absolute atomic E-state index is 0.127. The number of nitrogens with one attached hydrogen (secondary N) is 1. The molecule has 0 radical (unpaired) electrons. The first-order valence-electron chi connectivity index (χ1n) is 6.33. The Bertz CT molecular complexity index is 739. The highest BCUT2D eigenvalue weighted by atomic mass is 16.2. The van der Waals surface area contributed by atoms with Gasteiger partial charge in [0.15, 0.2) is 0 Å². The summed E-state index contributed by atoms with van der Waals surface area (Å²) in [5, 5.41) is 0. The van der Waals surface area contributed by atoms with Gasteiger partial charge in [-0.15, -0.1) is 0 Å². The molecule has 20 heavy (non-hydrogen) atoms. The number of aryl methyl sites for hydroxylation is 3. The van der Waals surface area contributed by atoms with Crippen LogP contribution in [0.4, 0.5) is 0 Å². The first kappa shape index (κ1) is 12.6. The molecule has 7 nitrogen and oxygen atoms in total. The van der Waals surface area contributed by atoms with Gasteiger partial charge in [0, 0.05) is 7.05 Å². The van der Waals surface area contributed by atoms with E-state index in [-0.39, 0.29) is 11.5 Å². The number of H-pyrrole nitrogens is 1. The number of carbonyl (C=O) groups excluding carboxylic acids is 1. The van der Waals surface area contributed by atoms with Crippen LogP contribution >= 0.6 is 0 Å². The van der Waals surface area contributed by atoms with E-state index in [0.717, 1.165) is 0 Å². The minimum Gasteiger partial charge on any atom is -0.330 e. The number of nitrogens with zero attached hydrogens (tertiary/aromatic N) is 4. The Balaban J connectivity index is 1.95. The third-order valence-electron chi connectivity index (χ3n) is 3.52. The standard InChI is InChI=1S/C13H15N5O2/c1-7-11(17(3)6-14-7)13(20)18-4-9-10(5-18)15-8(2)16-12(9)19/h6H,4-5H2,1-3H3,(H,15,16,19). The summed E-state index contributed by atoms with van der Waals surface area (Å²) in [6.45, 7) is 4.19. The van der Waals surface area contributed by atoms with E-state index < -0.39 is 0 Å². The summed E-state index contributed by atoms with van der Waals surface area (Å²) in [7, 11) is 1.78. The van der Waals surface area contributed by atoms with Crippen LogP contribution in [0.5, 0.6) is 0 Å². The summed E-state index contributed by atoms with van der Waals surface area (Å²) in [6.07, 6.45) is 1.61. The normalized spacial score (nSPS) is 13.7. The highest BCUT2D eigenvalue weighted by Gasteiger charge is 2.30. The van der Waals surface area contributed by atoms with E-state index in [2.05, 4.69) is 15.0 Å². The van der Waals surface area contributed by atoms with Gasteiger partial charge in [0.1, 0.15) is 11.5 Å². The fourth-order valence-electron chi connectivity index (χ4n) is 2.54. The van der Waals surface area contributed by atoms with Gasteiger partial charge in [-0.25, -0.2) is 9.97 Å². The molecule has 1 N–H and O–H groups in total. The van der Waals surface area contributed by atoms with Crippen molar-refractivity contribution in [3.63, 3.8) is 0 Å². The fraction of sp³-hybridized carbons (Fsp3) is 0.385. The van der Waals surface area contributed by atoms with Gasteiger partial charge in [0.05, 0.1) is 36.4 Å². The second kappa shape index (κ2) is 4.29. The number of imidazole rings is 1. The van der Waals surface area contributed by atoms with E-state index in [1.807, 2.05) is 0 Å². The molecule has 0 aromatic carbocycles. The number of fused-ring (bicyclic) bond motifs is 1. The van der Waals surface area contributed by atoms with Gasteiger partial charge in [0.25, 0.3) is 11.5 Å². The maximum absolute atomic E-state index is 12.5. The lowest BCUT2D eigenvalue weighted by atomic mass is 10.3. The van der Waals surface area contributed by atoms with E-state index in [0.29, 0.717) is 41.6 Å². The summed E-state index contributed by atoms with van der Waals surface area (Å²) in [5.74, 6) is 0.442. The average Bonchev–Trinajstić information content (AvgIpc) is 2.93. The van der Waals surface area contributed by atoms with Gasteiger partial charge < -0.3 is 14.5 Å². The summed E-state index contributed by atoms with van der Waals surface area (Å²) in [4.78, 5) is 37.1. The van der Waals surface area contributed by atoms with Gasteiger partial charge in [-0.05, 0) is 13.8 Å². The van der Waals surface area contributed by atoms with Crippen LogP contribution in [-0.2, 0) is 20.1 Å². The van der Waals surface area contributed by atoms with Crippen LogP contribution in [-0.4, -0.2) is 30.3 Å². The Hall–Kier alpha value is -2.44. The molecule has 7 heteroatoms. The first-order valence-corrected chi connectivity index (χ1v) is 6.33. The highest BCUT2D eigenvalue weighted by Crippen LogP contribution is 2.20. The number of aromatic nitrogens is 4. The smallest absolute Gasteiger partial charge is 0.273 e. The molecule has 0 saturated carbocycles. The molecule has 1 aliphatic heterocycles. The Morgan fingerprint density at radius 2 is 2.10 bits per heavy atom. The number of aromatic amines is 1. The Labute approximate surface area is 115 Å². The van der Waals surface area contributed by atoms with Crippen LogP contribution in [0, 0.1) is 13.8 Å². The molecule has 0 aliphatic carbocycles. The third kappa shape index (κ3) is 1.82. The van der Waals surface area contributed by atoms with Gasteiger partial charge in [-0.2, -0.15) is 0 Å². The molecule has 1 aliphatic rings. The topological polar surface area (TPSA) is 83.9 Å². The maximum atomic E-state index is 12.5. The summed E-state index contributed by atoms with van der Waals surface area (Å²) >= 11 is 0. The van der Waals surface area contributed by atoms with E-state index in [4.69, 9.17) is 0 Å². The van der Waals surface area contributed by atoms with Crippen LogP contribution in [0.25, 0.3) is 0 Å². The second-order valence-electron chi connectivity index (χ2n) is 5.03. The quantitative estimate of drug-likeness (QED) is 0.808. The molecule has 0 fully saturated rings. The third-order valence-corrected chi connectivity index (χ3v) is 3.52. The zero-order chi connectivity index (χ0) is 14.4. The summed E-state index contributed by atoms with van der Waals surface area (Å²) in [6, 6.07) is 0. The van der Waals surface area contributed by atoms with Crippen molar-refractivity contribution in [3.8, 4) is 0 Å². The van der Waals surface area contributed by atoms with Crippen molar-refractivity contribution in [2.45, 2.75) is 26.9 Å². The SMILES string of the molecule is Cc1nc2c(c(=O)[nH]1)CN(C(=O)c1c(C)ncn1C)C2. The molecule has 0 bridgehead atoms. The zero-order valence-electron chi connectivity index (χ0n) is 11.6. The minimum atomic E-state index is -0.162. The monoisotopic (exact) mass is 273 g/mol. The van der Waals surface area contributed by atoms with Crippen LogP contribution in [0.3, 0.4) is 0 Å². The Morgan fingerprint density at radius 1 is 1.35 bits per heavy atom. The lowest BCUT2D eigenvalue weighted by Crippen LogP contribution is -2.28. The molecule has 3 heterocycles. The van der Waals surface area contributed by atoms with Crippen molar-refractivity contribution in [3.05, 3.63) is 45.2 Å². The van der Waals surface area contributed by atoms with Crippen molar-refractivity contribution in [1.82, 2.24) is 24.4 Å². The number of rotatable bonds is 1. The highest BCUT2D eigenvalue weighted by molar-refractivity contribution is 5.94. The second-order valence-corrected chi connectivity index (χ2v) is 5.03. The molecule has 0 saturated heterocycles. The molecule has 2 aromatic rings. The molecule has 2 aromatic heterocycles. The predicted octanol–water partition coefficient (Wildman–Crippen LogP) is 0.276. The van der Waals surface area contributed by atoms with Crippen molar-refractivity contribution < 1.29 is 4.79 Å². The molecule has 3 rings (SSSR count). The average molecular weight is 273 g/mol. The van der Waals surface area contributed by atoms with Gasteiger partial charge in [0.2, 0.25) is 0 Å². The van der Waals surface area contributed by atoms with Crippen molar-refractivity contribution in [1.29, 1.82) is 0 Å². The van der Waals surface area contributed by atoms with Gasteiger partial charge in [-0.1, -0.05) is 0 Å². The lowest BCUT2D eigenvalue weighted by Gasteiger charge is -2.15. The lowest BCUT2D eigenvalue weighted by molar-refractivity contribution is 0.0739. The van der Waals surface area contributed by atoms with E-state index >= 15 is 0 Å². The largest absolute Gasteiger partial charge is 0.330 e. The molecular formula is C13H15N5O2. The number of hydrogen-bond acceptors (Lipinski definition) is 4. The number of carbonyl (C=O) groups is 1. The van der Waals surface area contributed by atoms with Crippen molar-refractivity contribution in [2.75, 3.05) is 0 Å². The van der Waals surface area contributed by atoms with Crippen molar-refractivity contribution in [2.24, 2.45) is 7.05 Å². The molecule has 0 atom stereocenters. The predicted molar refractivity (Wildman–Crippen MR) is 71.1 cm³/mol. The Kier molecular flexibility index (Phi) is 2.70. The van der Waals surface area contributed by atoms with Gasteiger partial charge >= 0.3 is 0 Å². The van der Waals surface area contributed by atoms with Crippen LogP contribution in [0.2, 0.25) is 0 Å². The fourth-order valence-corrected chi connectivity index (χ4v) is 2.54. The summed E-state index contributed by atoms with van der Waals surface area (Å²) in [5.41, 5.74) is 2.32. The number of hydrogen-bond donors (Lipinski definition) is 1. The van der Waals surface area contributed by atoms with E-state index in [9.17, 15) is 9.59 Å². The van der Waals surface area contributed by atoms with E-state index in [1.54, 1.807) is 36.7 Å². The molecule has 1 amide bonds. The van der Waals surface area contributed by atoms with Gasteiger partial charge in [-0.3, -0.25) is 9.59 Å². The zero-order valence-corrected chi connectivity index (χ0v) is 11.6. The summed E-state index contributed by atoms with van der Waals surface area (Å²) < 4.78 is 1.70. The van der Waals surface area contributed by atoms with E-state index in [1.165, 1.54) is 0 Å². The Morgan fingerprint density at radius 3 is 2.75 bits per heavy atom. The maximum Gasteiger partial charge on any atom is 0.273 e. The molecule has 0 unspecified atom stereocenters. The van der Waals surface area contributed by atoms with Crippen LogP contribution in [0.1, 0.15) is 33.3 Å². The molecule has 104 valence electrons. The van der Waals surface area contributed by atoms with Crippen LogP contribution < -0.4 is 5.56 Å². The van der Waals surface area contributed by atoms with Crippen LogP contribution in [0.15, 0.2) is 11.1 Å². The number of amides is 1. The van der Waals surface area contributed by atoms with Crippen molar-refractivity contribution >= 4 is 5.91 Å².